The van der Waals surface area contributed by atoms with Crippen LogP contribution >= 0.6 is 11.3 Å². The quantitative estimate of drug-likeness (QED) is 0.880. The summed E-state index contributed by atoms with van der Waals surface area (Å²) in [6.45, 7) is 4.76. The Balaban J connectivity index is 2.00. The molecule has 2 rings (SSSR count). The zero-order valence-corrected chi connectivity index (χ0v) is 12.2. The Morgan fingerprint density at radius 3 is 2.58 bits per heavy atom. The zero-order valence-electron chi connectivity index (χ0n) is 11.3. The zero-order chi connectivity index (χ0) is 13.7. The minimum atomic E-state index is -0.0542. The fourth-order valence-electron chi connectivity index (χ4n) is 2.13. The van der Waals surface area contributed by atoms with E-state index in [2.05, 4.69) is 23.7 Å². The molecule has 0 fully saturated rings. The maximum absolute atomic E-state index is 12.3. The van der Waals surface area contributed by atoms with E-state index in [4.69, 9.17) is 0 Å². The van der Waals surface area contributed by atoms with Gasteiger partial charge in [0.05, 0.1) is 12.5 Å². The highest BCUT2D eigenvalue weighted by atomic mass is 32.1. The minimum absolute atomic E-state index is 0.0542. The van der Waals surface area contributed by atoms with Gasteiger partial charge in [0.25, 0.3) is 0 Å². The Kier molecular flexibility index (Phi) is 4.74. The first kappa shape index (κ1) is 13.8. The third-order valence-corrected chi connectivity index (χ3v) is 4.34. The molecule has 1 unspecified atom stereocenters. The molecule has 0 aliphatic rings. The van der Waals surface area contributed by atoms with E-state index in [0.29, 0.717) is 6.54 Å². The molecule has 1 heterocycles. The van der Waals surface area contributed by atoms with Crippen molar-refractivity contribution in [2.45, 2.75) is 32.7 Å². The summed E-state index contributed by atoms with van der Waals surface area (Å²) in [5.74, 6) is 0.0583. The Morgan fingerprint density at radius 2 is 2.00 bits per heavy atom. The lowest BCUT2D eigenvalue weighted by atomic mass is 9.96. The smallest absolute Gasteiger partial charge is 0.227 e. The van der Waals surface area contributed by atoms with Crippen molar-refractivity contribution in [1.29, 1.82) is 0 Å². The predicted molar refractivity (Wildman–Crippen MR) is 80.4 cm³/mol. The molecule has 0 aliphatic heterocycles. The van der Waals surface area contributed by atoms with Gasteiger partial charge in [-0.05, 0) is 35.9 Å². The highest BCUT2D eigenvalue weighted by Gasteiger charge is 2.18. The molecule has 0 spiro atoms. The van der Waals surface area contributed by atoms with Crippen LogP contribution in [0.25, 0.3) is 0 Å². The molecule has 19 heavy (non-hydrogen) atoms. The van der Waals surface area contributed by atoms with Gasteiger partial charge in [0.2, 0.25) is 5.91 Å². The van der Waals surface area contributed by atoms with Gasteiger partial charge in [0.1, 0.15) is 0 Å². The number of thiophene rings is 1. The van der Waals surface area contributed by atoms with Gasteiger partial charge in [-0.15, -0.1) is 11.3 Å². The van der Waals surface area contributed by atoms with E-state index in [0.717, 1.165) is 12.0 Å². The first-order chi connectivity index (χ1) is 9.22. The molecule has 0 bridgehead atoms. The molecule has 2 nitrogen and oxygen atoms in total. The van der Waals surface area contributed by atoms with Crippen LogP contribution in [0.3, 0.4) is 0 Å². The minimum Gasteiger partial charge on any atom is -0.351 e. The molecular weight excluding hydrogens is 254 g/mol. The Morgan fingerprint density at radius 1 is 1.26 bits per heavy atom. The molecule has 1 atom stereocenters. The summed E-state index contributed by atoms with van der Waals surface area (Å²) in [5, 5.41) is 5.11. The number of hydrogen-bond donors (Lipinski definition) is 1. The third kappa shape index (κ3) is 3.44. The van der Waals surface area contributed by atoms with Gasteiger partial charge in [-0.25, -0.2) is 0 Å². The fourth-order valence-corrected chi connectivity index (χ4v) is 2.98. The number of rotatable bonds is 5. The summed E-state index contributed by atoms with van der Waals surface area (Å²) in [4.78, 5) is 13.5. The van der Waals surface area contributed by atoms with Crippen LogP contribution in [0, 0.1) is 6.92 Å². The standard InChI is InChI=1S/C16H19NOS/c1-3-14(13-7-5-4-6-8-13)16(18)17-11-15-12(2)9-10-19-15/h4-10,14H,3,11H2,1-2H3,(H,17,18). The fraction of sp³-hybridized carbons (Fsp3) is 0.312. The lowest BCUT2D eigenvalue weighted by molar-refractivity contribution is -0.122. The second-order valence-corrected chi connectivity index (χ2v) is 5.62. The van der Waals surface area contributed by atoms with Crippen LogP contribution in [0.1, 0.15) is 35.3 Å². The first-order valence-corrected chi connectivity index (χ1v) is 7.46. The normalized spacial score (nSPS) is 12.1. The lowest BCUT2D eigenvalue weighted by Gasteiger charge is -2.15. The molecule has 3 heteroatoms. The molecule has 0 aliphatic carbocycles. The second-order valence-electron chi connectivity index (χ2n) is 4.62. The van der Waals surface area contributed by atoms with Crippen molar-refractivity contribution in [1.82, 2.24) is 5.32 Å². The molecular formula is C16H19NOS. The van der Waals surface area contributed by atoms with Gasteiger partial charge in [-0.1, -0.05) is 37.3 Å². The topological polar surface area (TPSA) is 29.1 Å². The molecule has 0 saturated carbocycles. The highest BCUT2D eigenvalue weighted by Crippen LogP contribution is 2.20. The average molecular weight is 273 g/mol. The maximum Gasteiger partial charge on any atom is 0.227 e. The Hall–Kier alpha value is -1.61. The number of nitrogens with one attached hydrogen (secondary N) is 1. The molecule has 1 aromatic carbocycles. The van der Waals surface area contributed by atoms with E-state index < -0.39 is 0 Å². The molecule has 1 amide bonds. The van der Waals surface area contributed by atoms with E-state index in [1.165, 1.54) is 10.4 Å². The van der Waals surface area contributed by atoms with Gasteiger partial charge in [0.15, 0.2) is 0 Å². The van der Waals surface area contributed by atoms with E-state index in [1.807, 2.05) is 37.3 Å². The lowest BCUT2D eigenvalue weighted by Crippen LogP contribution is -2.28. The van der Waals surface area contributed by atoms with E-state index >= 15 is 0 Å². The summed E-state index contributed by atoms with van der Waals surface area (Å²) in [5.41, 5.74) is 2.34. The highest BCUT2D eigenvalue weighted by molar-refractivity contribution is 7.10. The predicted octanol–water partition coefficient (Wildman–Crippen LogP) is 3.87. The van der Waals surface area contributed by atoms with Crippen LogP contribution in [0.4, 0.5) is 0 Å². The van der Waals surface area contributed by atoms with Crippen LogP contribution in [0.2, 0.25) is 0 Å². The number of hydrogen-bond acceptors (Lipinski definition) is 2. The first-order valence-electron chi connectivity index (χ1n) is 6.58. The summed E-state index contributed by atoms with van der Waals surface area (Å²) in [7, 11) is 0. The molecule has 0 saturated heterocycles. The van der Waals surface area contributed by atoms with Gasteiger partial charge in [-0.2, -0.15) is 0 Å². The van der Waals surface area contributed by atoms with Crippen molar-refractivity contribution < 1.29 is 4.79 Å². The number of benzene rings is 1. The number of aryl methyl sites for hydroxylation is 1. The SMILES string of the molecule is CCC(C(=O)NCc1sccc1C)c1ccccc1. The van der Waals surface area contributed by atoms with Crippen molar-refractivity contribution in [2.24, 2.45) is 0 Å². The summed E-state index contributed by atoms with van der Waals surface area (Å²) < 4.78 is 0. The van der Waals surface area contributed by atoms with Crippen LogP contribution in [0.15, 0.2) is 41.8 Å². The average Bonchev–Trinajstić information content (AvgIpc) is 2.84. The second kappa shape index (κ2) is 6.53. The van der Waals surface area contributed by atoms with Crippen molar-refractivity contribution >= 4 is 17.2 Å². The molecule has 1 N–H and O–H groups in total. The third-order valence-electron chi connectivity index (χ3n) is 3.32. The number of amides is 1. The molecule has 2 aromatic rings. The summed E-state index contributed by atoms with van der Waals surface area (Å²) in [6, 6.07) is 12.1. The van der Waals surface area contributed by atoms with Crippen molar-refractivity contribution in [3.05, 3.63) is 57.8 Å². The summed E-state index contributed by atoms with van der Waals surface area (Å²) >= 11 is 1.69. The monoisotopic (exact) mass is 273 g/mol. The van der Waals surface area contributed by atoms with E-state index in [9.17, 15) is 4.79 Å². The van der Waals surface area contributed by atoms with Gasteiger partial charge in [0, 0.05) is 4.88 Å². The van der Waals surface area contributed by atoms with Crippen LogP contribution in [-0.2, 0) is 11.3 Å². The number of carbonyl (C=O) groups excluding carboxylic acids is 1. The maximum atomic E-state index is 12.3. The van der Waals surface area contributed by atoms with Crippen molar-refractivity contribution in [3.63, 3.8) is 0 Å². The molecule has 1 aromatic heterocycles. The largest absolute Gasteiger partial charge is 0.351 e. The van der Waals surface area contributed by atoms with Crippen LogP contribution in [-0.4, -0.2) is 5.91 Å². The van der Waals surface area contributed by atoms with Gasteiger partial charge in [-0.3, -0.25) is 4.79 Å². The van der Waals surface area contributed by atoms with Crippen LogP contribution < -0.4 is 5.32 Å². The van der Waals surface area contributed by atoms with E-state index in [-0.39, 0.29) is 11.8 Å². The molecule has 0 radical (unpaired) electrons. The van der Waals surface area contributed by atoms with E-state index in [1.54, 1.807) is 11.3 Å². The van der Waals surface area contributed by atoms with Gasteiger partial charge >= 0.3 is 0 Å². The van der Waals surface area contributed by atoms with Crippen molar-refractivity contribution in [2.75, 3.05) is 0 Å². The Bertz CT molecular complexity index is 533. The summed E-state index contributed by atoms with van der Waals surface area (Å²) in [6.07, 6.45) is 0.819. The number of carbonyl (C=O) groups is 1. The molecule has 100 valence electrons. The van der Waals surface area contributed by atoms with Gasteiger partial charge < -0.3 is 5.32 Å². The Labute approximate surface area is 118 Å². The van der Waals surface area contributed by atoms with Crippen LogP contribution in [0.5, 0.6) is 0 Å². The van der Waals surface area contributed by atoms with Crippen molar-refractivity contribution in [3.8, 4) is 0 Å².